The lowest BCUT2D eigenvalue weighted by Crippen LogP contribution is -2.44. The van der Waals surface area contributed by atoms with Crippen molar-refractivity contribution in [3.05, 3.63) is 42.0 Å². The zero-order chi connectivity index (χ0) is 21.5. The third-order valence-corrected chi connectivity index (χ3v) is 6.51. The second kappa shape index (κ2) is 10.7. The van der Waals surface area contributed by atoms with Crippen LogP contribution >= 0.6 is 0 Å². The predicted octanol–water partition coefficient (Wildman–Crippen LogP) is 3.66. The fourth-order valence-corrected chi connectivity index (χ4v) is 4.61. The van der Waals surface area contributed by atoms with Crippen molar-refractivity contribution in [2.24, 2.45) is 5.92 Å². The van der Waals surface area contributed by atoms with Gasteiger partial charge in [0.05, 0.1) is 11.6 Å². The second-order valence-electron chi connectivity index (χ2n) is 8.97. The number of hydrogen-bond donors (Lipinski definition) is 1. The molecule has 2 fully saturated rings. The van der Waals surface area contributed by atoms with Crippen LogP contribution in [-0.2, 0) is 4.79 Å². The van der Waals surface area contributed by atoms with E-state index in [0.717, 1.165) is 62.5 Å². The molecular weight excluding hydrogens is 386 g/mol. The van der Waals surface area contributed by atoms with E-state index in [1.807, 2.05) is 12.1 Å². The van der Waals surface area contributed by atoms with Crippen LogP contribution in [0.5, 0.6) is 0 Å². The molecule has 0 bridgehead atoms. The summed E-state index contributed by atoms with van der Waals surface area (Å²) in [6.07, 6.45) is 6.99. The number of piperidine rings is 2. The van der Waals surface area contributed by atoms with Gasteiger partial charge in [0.15, 0.2) is 5.82 Å². The van der Waals surface area contributed by atoms with Gasteiger partial charge in [-0.15, -0.1) is 10.2 Å². The number of anilines is 1. The Morgan fingerprint density at radius 1 is 1.00 bits per heavy atom. The molecule has 1 unspecified atom stereocenters. The first-order chi connectivity index (χ1) is 15.2. The molecule has 0 spiro atoms. The number of nitrogens with one attached hydrogen (secondary N) is 1. The Labute approximate surface area is 186 Å². The van der Waals surface area contributed by atoms with Crippen LogP contribution in [0.3, 0.4) is 0 Å². The third-order valence-electron chi connectivity index (χ3n) is 6.51. The van der Waals surface area contributed by atoms with Crippen molar-refractivity contribution in [3.8, 4) is 11.3 Å². The van der Waals surface area contributed by atoms with Crippen LogP contribution in [0, 0.1) is 12.8 Å². The molecular formula is C25H35N5O. The Morgan fingerprint density at radius 2 is 1.81 bits per heavy atom. The van der Waals surface area contributed by atoms with Crippen LogP contribution < -0.4 is 10.2 Å². The highest BCUT2D eigenvalue weighted by Crippen LogP contribution is 2.23. The van der Waals surface area contributed by atoms with E-state index in [4.69, 9.17) is 0 Å². The number of rotatable bonds is 7. The molecule has 0 radical (unpaired) electrons. The van der Waals surface area contributed by atoms with Gasteiger partial charge in [0.25, 0.3) is 0 Å². The van der Waals surface area contributed by atoms with Gasteiger partial charge in [-0.05, 0) is 70.8 Å². The van der Waals surface area contributed by atoms with Crippen molar-refractivity contribution < 1.29 is 4.79 Å². The minimum absolute atomic E-state index is 0.0299. The fourth-order valence-electron chi connectivity index (χ4n) is 4.61. The van der Waals surface area contributed by atoms with Crippen molar-refractivity contribution in [1.29, 1.82) is 0 Å². The molecule has 2 aliphatic rings. The molecule has 1 aromatic carbocycles. The number of likely N-dealkylation sites (tertiary alicyclic amines) is 1. The van der Waals surface area contributed by atoms with Gasteiger partial charge in [-0.2, -0.15) is 0 Å². The van der Waals surface area contributed by atoms with Gasteiger partial charge in [-0.1, -0.05) is 36.2 Å². The van der Waals surface area contributed by atoms with Crippen molar-refractivity contribution in [2.75, 3.05) is 44.2 Å². The summed E-state index contributed by atoms with van der Waals surface area (Å²) in [7, 11) is 0. The van der Waals surface area contributed by atoms with Crippen LogP contribution in [0.4, 0.5) is 5.82 Å². The molecule has 4 rings (SSSR count). The van der Waals surface area contributed by atoms with E-state index in [1.54, 1.807) is 0 Å². The SMILES string of the molecule is Cc1ccc(-c2ccc(N3CCCC(C(=O)NCCCN4CCCCC4)C3)nn2)cc1. The first kappa shape index (κ1) is 21.8. The molecule has 31 heavy (non-hydrogen) atoms. The monoisotopic (exact) mass is 421 g/mol. The summed E-state index contributed by atoms with van der Waals surface area (Å²) in [6, 6.07) is 12.4. The van der Waals surface area contributed by atoms with Crippen LogP contribution in [0.2, 0.25) is 0 Å². The number of nitrogens with zero attached hydrogens (tertiary/aromatic N) is 4. The minimum Gasteiger partial charge on any atom is -0.356 e. The van der Waals surface area contributed by atoms with Gasteiger partial charge in [-0.3, -0.25) is 4.79 Å². The third kappa shape index (κ3) is 6.03. The molecule has 166 valence electrons. The molecule has 1 atom stereocenters. The normalized spacial score (nSPS) is 19.9. The average molecular weight is 422 g/mol. The van der Waals surface area contributed by atoms with Crippen molar-refractivity contribution in [2.45, 2.75) is 45.4 Å². The van der Waals surface area contributed by atoms with Gasteiger partial charge >= 0.3 is 0 Å². The highest BCUT2D eigenvalue weighted by molar-refractivity contribution is 5.79. The predicted molar refractivity (Wildman–Crippen MR) is 125 cm³/mol. The number of carbonyl (C=O) groups excluding carboxylic acids is 1. The molecule has 3 heterocycles. The summed E-state index contributed by atoms with van der Waals surface area (Å²) in [6.45, 7) is 8.03. The molecule has 0 aliphatic carbocycles. The van der Waals surface area contributed by atoms with E-state index in [2.05, 4.69) is 56.5 Å². The summed E-state index contributed by atoms with van der Waals surface area (Å²) in [5.74, 6) is 1.08. The number of aromatic nitrogens is 2. The largest absolute Gasteiger partial charge is 0.356 e. The molecule has 2 saturated heterocycles. The zero-order valence-electron chi connectivity index (χ0n) is 18.7. The topological polar surface area (TPSA) is 61.4 Å². The molecule has 0 saturated carbocycles. The van der Waals surface area contributed by atoms with Crippen LogP contribution in [0.1, 0.15) is 44.1 Å². The molecule has 6 nitrogen and oxygen atoms in total. The van der Waals surface area contributed by atoms with Crippen LogP contribution in [0.25, 0.3) is 11.3 Å². The summed E-state index contributed by atoms with van der Waals surface area (Å²) in [5.41, 5.74) is 3.19. The van der Waals surface area contributed by atoms with Gasteiger partial charge in [-0.25, -0.2) is 0 Å². The highest BCUT2D eigenvalue weighted by Gasteiger charge is 2.26. The maximum atomic E-state index is 12.7. The first-order valence-corrected chi connectivity index (χ1v) is 11.8. The molecule has 1 N–H and O–H groups in total. The molecule has 1 amide bonds. The lowest BCUT2D eigenvalue weighted by Gasteiger charge is -2.32. The van der Waals surface area contributed by atoms with E-state index >= 15 is 0 Å². The smallest absolute Gasteiger partial charge is 0.224 e. The van der Waals surface area contributed by atoms with Gasteiger partial charge in [0.2, 0.25) is 5.91 Å². The van der Waals surface area contributed by atoms with Crippen molar-refractivity contribution in [3.63, 3.8) is 0 Å². The Balaban J connectivity index is 1.25. The number of hydrogen-bond acceptors (Lipinski definition) is 5. The molecule has 2 aliphatic heterocycles. The Hall–Kier alpha value is -2.47. The summed E-state index contributed by atoms with van der Waals surface area (Å²) < 4.78 is 0. The lowest BCUT2D eigenvalue weighted by molar-refractivity contribution is -0.125. The maximum Gasteiger partial charge on any atom is 0.224 e. The van der Waals surface area contributed by atoms with E-state index < -0.39 is 0 Å². The number of aryl methyl sites for hydroxylation is 1. The lowest BCUT2D eigenvalue weighted by atomic mass is 9.97. The Morgan fingerprint density at radius 3 is 2.55 bits per heavy atom. The summed E-state index contributed by atoms with van der Waals surface area (Å²) in [4.78, 5) is 17.4. The van der Waals surface area contributed by atoms with Crippen molar-refractivity contribution >= 4 is 11.7 Å². The number of benzene rings is 1. The fraction of sp³-hybridized carbons (Fsp3) is 0.560. The number of amides is 1. The quantitative estimate of drug-likeness (QED) is 0.692. The molecule has 2 aromatic rings. The summed E-state index contributed by atoms with van der Waals surface area (Å²) in [5, 5.41) is 12.1. The summed E-state index contributed by atoms with van der Waals surface area (Å²) >= 11 is 0. The molecule has 6 heteroatoms. The van der Waals surface area contributed by atoms with Gasteiger partial charge in [0, 0.05) is 25.2 Å². The van der Waals surface area contributed by atoms with Crippen molar-refractivity contribution in [1.82, 2.24) is 20.4 Å². The minimum atomic E-state index is 0.0299. The van der Waals surface area contributed by atoms with E-state index in [-0.39, 0.29) is 11.8 Å². The average Bonchev–Trinajstić information content (AvgIpc) is 2.83. The van der Waals surface area contributed by atoms with Crippen LogP contribution in [-0.4, -0.2) is 60.3 Å². The van der Waals surface area contributed by atoms with Gasteiger partial charge in [0.1, 0.15) is 0 Å². The van der Waals surface area contributed by atoms with Gasteiger partial charge < -0.3 is 15.1 Å². The van der Waals surface area contributed by atoms with E-state index in [0.29, 0.717) is 0 Å². The highest BCUT2D eigenvalue weighted by atomic mass is 16.1. The van der Waals surface area contributed by atoms with Crippen LogP contribution in [0.15, 0.2) is 36.4 Å². The second-order valence-corrected chi connectivity index (χ2v) is 8.97. The van der Waals surface area contributed by atoms with E-state index in [9.17, 15) is 4.79 Å². The molecule has 1 aromatic heterocycles. The van der Waals surface area contributed by atoms with E-state index in [1.165, 1.54) is 37.9 Å². The number of carbonyl (C=O) groups is 1. The Bertz CT molecular complexity index is 830. The Kier molecular flexibility index (Phi) is 7.52. The standard InChI is InChI=1S/C25H35N5O/c1-20-8-10-21(11-9-20)23-12-13-24(28-27-23)30-18-5-7-22(19-30)25(31)26-14-6-17-29-15-3-2-4-16-29/h8-13,22H,2-7,14-19H2,1H3,(H,26,31). The maximum absolute atomic E-state index is 12.7. The zero-order valence-corrected chi connectivity index (χ0v) is 18.7. The first-order valence-electron chi connectivity index (χ1n) is 11.8.